The van der Waals surface area contributed by atoms with E-state index in [2.05, 4.69) is 30.3 Å². The largest absolute Gasteiger partial charge is 0.345 e. The highest BCUT2D eigenvalue weighted by Crippen LogP contribution is 2.22. The number of likely N-dealkylation sites (N-methyl/N-ethyl adjacent to an activating group) is 1. The van der Waals surface area contributed by atoms with E-state index in [4.69, 9.17) is 23.2 Å². The lowest BCUT2D eigenvalue weighted by Crippen LogP contribution is -2.40. The zero-order chi connectivity index (χ0) is 15.4. The van der Waals surface area contributed by atoms with Gasteiger partial charge in [-0.1, -0.05) is 36.2 Å². The van der Waals surface area contributed by atoms with Gasteiger partial charge in [0.15, 0.2) is 0 Å². The average Bonchev–Trinajstić information content (AvgIpc) is 2.44. The van der Waals surface area contributed by atoms with Crippen molar-refractivity contribution in [2.45, 2.75) is 25.8 Å². The Bertz CT molecular complexity index is 557. The molecule has 1 N–H and O–H groups in total. The number of carbonyl (C=O) groups is 1. The molecule has 1 aliphatic heterocycles. The second kappa shape index (κ2) is 7.30. The van der Waals surface area contributed by atoms with Crippen LogP contribution in [0.1, 0.15) is 30.1 Å². The highest BCUT2D eigenvalue weighted by Gasteiger charge is 2.20. The van der Waals surface area contributed by atoms with Crippen LogP contribution in [0.2, 0.25) is 10.0 Å². The lowest BCUT2D eigenvalue weighted by atomic mass is 9.99. The van der Waals surface area contributed by atoms with Crippen LogP contribution in [0, 0.1) is 0 Å². The van der Waals surface area contributed by atoms with Crippen LogP contribution in [0.5, 0.6) is 0 Å². The summed E-state index contributed by atoms with van der Waals surface area (Å²) in [6, 6.07) is 4.98. The first kappa shape index (κ1) is 16.3. The van der Waals surface area contributed by atoms with E-state index in [0.717, 1.165) is 25.9 Å². The molecule has 1 amide bonds. The van der Waals surface area contributed by atoms with E-state index in [0.29, 0.717) is 15.6 Å². The third-order valence-electron chi connectivity index (χ3n) is 3.71. The van der Waals surface area contributed by atoms with Crippen molar-refractivity contribution in [1.29, 1.82) is 0 Å². The molecule has 1 aromatic rings. The molecule has 0 bridgehead atoms. The Morgan fingerprint density at radius 1 is 1.43 bits per heavy atom. The fraction of sp³-hybridized carbons (Fsp3) is 0.438. The Balaban J connectivity index is 2.11. The molecule has 1 aromatic carbocycles. The number of hydrogen-bond acceptors (Lipinski definition) is 2. The molecular weight excluding hydrogens is 307 g/mol. The Kier molecular flexibility index (Phi) is 5.68. The summed E-state index contributed by atoms with van der Waals surface area (Å²) in [6.45, 7) is 4.04. The minimum Gasteiger partial charge on any atom is -0.345 e. The second-order valence-electron chi connectivity index (χ2n) is 5.36. The van der Waals surface area contributed by atoms with Crippen molar-refractivity contribution in [2.75, 3.05) is 20.1 Å². The molecule has 0 aromatic heterocycles. The van der Waals surface area contributed by atoms with Gasteiger partial charge in [-0.3, -0.25) is 4.79 Å². The summed E-state index contributed by atoms with van der Waals surface area (Å²) in [5.41, 5.74) is 1.73. The molecule has 0 radical (unpaired) electrons. The molecule has 2 rings (SSSR count). The van der Waals surface area contributed by atoms with Crippen molar-refractivity contribution >= 4 is 29.1 Å². The Labute approximate surface area is 135 Å². The number of rotatable bonds is 4. The summed E-state index contributed by atoms with van der Waals surface area (Å²) in [6.07, 6.45) is 4.12. The third kappa shape index (κ3) is 4.22. The standard InChI is InChI=1S/C16H20Cl2N2O/c1-3-15(11-5-4-8-20(2)10-11)19-16(21)13-7-6-12(17)9-14(13)18/h5-7,9,15H,3-4,8,10H2,1-2H3,(H,19,21). The molecule has 1 heterocycles. The number of nitrogens with zero attached hydrogens (tertiary/aromatic N) is 1. The molecule has 1 aliphatic rings. The van der Waals surface area contributed by atoms with Gasteiger partial charge in [0.1, 0.15) is 0 Å². The van der Waals surface area contributed by atoms with Gasteiger partial charge in [0.25, 0.3) is 5.91 Å². The first-order valence-corrected chi connectivity index (χ1v) is 7.90. The molecule has 21 heavy (non-hydrogen) atoms. The van der Waals surface area contributed by atoms with Gasteiger partial charge in [0.05, 0.1) is 16.6 Å². The third-order valence-corrected chi connectivity index (χ3v) is 4.25. The highest BCUT2D eigenvalue weighted by atomic mass is 35.5. The summed E-state index contributed by atoms with van der Waals surface area (Å²) in [5, 5.41) is 3.98. The van der Waals surface area contributed by atoms with Gasteiger partial charge < -0.3 is 10.2 Å². The van der Waals surface area contributed by atoms with Crippen LogP contribution in [-0.4, -0.2) is 37.0 Å². The quantitative estimate of drug-likeness (QED) is 0.854. The molecule has 114 valence electrons. The van der Waals surface area contributed by atoms with Crippen molar-refractivity contribution in [3.05, 3.63) is 45.5 Å². The van der Waals surface area contributed by atoms with Crippen LogP contribution in [0.4, 0.5) is 0 Å². The number of halogens is 2. The molecule has 3 nitrogen and oxygen atoms in total. The normalized spacial score (nSPS) is 17.2. The fourth-order valence-electron chi connectivity index (χ4n) is 2.54. The van der Waals surface area contributed by atoms with Crippen molar-refractivity contribution in [2.24, 2.45) is 0 Å². The van der Waals surface area contributed by atoms with Crippen molar-refractivity contribution in [1.82, 2.24) is 10.2 Å². The molecule has 1 atom stereocenters. The summed E-state index contributed by atoms with van der Waals surface area (Å²) in [4.78, 5) is 14.7. The van der Waals surface area contributed by atoms with Gasteiger partial charge in [-0.25, -0.2) is 0 Å². The van der Waals surface area contributed by atoms with Gasteiger partial charge >= 0.3 is 0 Å². The lowest BCUT2D eigenvalue weighted by Gasteiger charge is -2.28. The predicted molar refractivity (Wildman–Crippen MR) is 88.2 cm³/mol. The molecule has 0 spiro atoms. The zero-order valence-electron chi connectivity index (χ0n) is 12.3. The Hall–Kier alpha value is -1.03. The maximum absolute atomic E-state index is 12.4. The van der Waals surface area contributed by atoms with E-state index >= 15 is 0 Å². The minimum absolute atomic E-state index is 0.0481. The van der Waals surface area contributed by atoms with Crippen LogP contribution >= 0.6 is 23.2 Å². The monoisotopic (exact) mass is 326 g/mol. The van der Waals surface area contributed by atoms with Gasteiger partial charge in [-0.2, -0.15) is 0 Å². The highest BCUT2D eigenvalue weighted by molar-refractivity contribution is 6.36. The van der Waals surface area contributed by atoms with E-state index in [1.807, 2.05) is 0 Å². The van der Waals surface area contributed by atoms with Crippen LogP contribution < -0.4 is 5.32 Å². The summed E-state index contributed by atoms with van der Waals surface area (Å²) in [5.74, 6) is -0.155. The van der Waals surface area contributed by atoms with Crippen LogP contribution in [0.15, 0.2) is 29.8 Å². The van der Waals surface area contributed by atoms with Gasteiger partial charge in [0.2, 0.25) is 0 Å². The molecule has 0 saturated heterocycles. The lowest BCUT2D eigenvalue weighted by molar-refractivity contribution is 0.0940. The number of carbonyl (C=O) groups excluding carboxylic acids is 1. The van der Waals surface area contributed by atoms with Crippen molar-refractivity contribution in [3.8, 4) is 0 Å². The van der Waals surface area contributed by atoms with E-state index in [1.54, 1.807) is 18.2 Å². The SMILES string of the molecule is CCC(NC(=O)c1ccc(Cl)cc1Cl)C1=CCCN(C)C1. The van der Waals surface area contributed by atoms with Crippen LogP contribution in [0.3, 0.4) is 0 Å². The minimum atomic E-state index is -0.155. The zero-order valence-corrected chi connectivity index (χ0v) is 13.8. The maximum atomic E-state index is 12.4. The number of nitrogens with one attached hydrogen (secondary N) is 1. The number of amides is 1. The number of hydrogen-bond donors (Lipinski definition) is 1. The smallest absolute Gasteiger partial charge is 0.253 e. The molecule has 5 heteroatoms. The Morgan fingerprint density at radius 3 is 2.81 bits per heavy atom. The van der Waals surface area contributed by atoms with Gasteiger partial charge in [-0.05, 0) is 43.7 Å². The van der Waals surface area contributed by atoms with Gasteiger partial charge in [-0.15, -0.1) is 0 Å². The second-order valence-corrected chi connectivity index (χ2v) is 6.21. The van der Waals surface area contributed by atoms with Crippen molar-refractivity contribution < 1.29 is 4.79 Å². The fourth-order valence-corrected chi connectivity index (χ4v) is 3.04. The average molecular weight is 327 g/mol. The van der Waals surface area contributed by atoms with E-state index in [9.17, 15) is 4.79 Å². The molecule has 1 unspecified atom stereocenters. The Morgan fingerprint density at radius 2 is 2.19 bits per heavy atom. The first-order chi connectivity index (χ1) is 10.0. The molecule has 0 aliphatic carbocycles. The molecule has 0 fully saturated rings. The summed E-state index contributed by atoms with van der Waals surface area (Å²) >= 11 is 12.0. The van der Waals surface area contributed by atoms with Crippen molar-refractivity contribution in [3.63, 3.8) is 0 Å². The van der Waals surface area contributed by atoms with E-state index in [-0.39, 0.29) is 11.9 Å². The van der Waals surface area contributed by atoms with Crippen LogP contribution in [-0.2, 0) is 0 Å². The van der Waals surface area contributed by atoms with Crippen LogP contribution in [0.25, 0.3) is 0 Å². The van der Waals surface area contributed by atoms with E-state index < -0.39 is 0 Å². The maximum Gasteiger partial charge on any atom is 0.253 e. The predicted octanol–water partition coefficient (Wildman–Crippen LogP) is 3.76. The summed E-state index contributed by atoms with van der Waals surface area (Å²) in [7, 11) is 2.09. The first-order valence-electron chi connectivity index (χ1n) is 7.14. The topological polar surface area (TPSA) is 32.3 Å². The molecular formula is C16H20Cl2N2O. The number of benzene rings is 1. The molecule has 0 saturated carbocycles. The summed E-state index contributed by atoms with van der Waals surface area (Å²) < 4.78 is 0. The van der Waals surface area contributed by atoms with E-state index in [1.165, 1.54) is 5.57 Å². The van der Waals surface area contributed by atoms with Gasteiger partial charge in [0, 0.05) is 18.1 Å².